The highest BCUT2D eigenvalue weighted by molar-refractivity contribution is 6.32. The topological polar surface area (TPSA) is 425 Å². The largest absolute Gasteiger partial charge is 0.359 e. The number of amides is 10. The van der Waals surface area contributed by atoms with Crippen molar-refractivity contribution in [2.75, 3.05) is 51.1 Å². The molecule has 0 bridgehead atoms. The van der Waals surface area contributed by atoms with Crippen LogP contribution in [0.2, 0.25) is 10.0 Å². The number of aryl methyl sites for hydroxylation is 2. The van der Waals surface area contributed by atoms with E-state index < -0.39 is 66.0 Å². The second-order valence-electron chi connectivity index (χ2n) is 37.5. The van der Waals surface area contributed by atoms with Crippen molar-refractivity contribution in [1.82, 2.24) is 25.8 Å². The van der Waals surface area contributed by atoms with E-state index in [0.29, 0.717) is 101 Å². The van der Waals surface area contributed by atoms with E-state index in [1.54, 1.807) is 66.7 Å². The molecule has 0 saturated carbocycles. The first-order chi connectivity index (χ1) is 62.4. The molecular formula is C95H103Cl2F4N17O15. The second-order valence-corrected chi connectivity index (χ2v) is 38.3. The van der Waals surface area contributed by atoms with Crippen LogP contribution >= 0.6 is 23.2 Å². The molecule has 10 heterocycles. The monoisotopic (exact) mass is 1870 g/mol. The summed E-state index contributed by atoms with van der Waals surface area (Å²) < 4.78 is 79.4. The molecule has 5 aromatic carbocycles. The van der Waals surface area contributed by atoms with Crippen LogP contribution in [0.1, 0.15) is 231 Å². The molecule has 5 aliphatic rings. The van der Waals surface area contributed by atoms with Gasteiger partial charge < -0.3 is 33.2 Å². The van der Waals surface area contributed by atoms with Crippen molar-refractivity contribution in [3.05, 3.63) is 205 Å². The minimum atomic E-state index is -2.59. The van der Waals surface area contributed by atoms with E-state index in [-0.39, 0.29) is 139 Å². The Hall–Kier alpha value is -13.9. The average molecular weight is 1870 g/mol. The molecule has 5 fully saturated rings. The number of rotatable bonds is 16. The van der Waals surface area contributed by atoms with Gasteiger partial charge in [-0.25, -0.2) is 17.6 Å². The van der Waals surface area contributed by atoms with Gasteiger partial charge in [0.15, 0.2) is 11.6 Å². The number of hydrogen-bond acceptors (Lipinski definition) is 22. The Morgan fingerprint density at radius 1 is 0.368 bits per heavy atom. The van der Waals surface area contributed by atoms with Gasteiger partial charge in [0.2, 0.25) is 76.7 Å². The van der Waals surface area contributed by atoms with Crippen LogP contribution in [-0.4, -0.2) is 115 Å². The summed E-state index contributed by atoms with van der Waals surface area (Å²) in [4.78, 5) is 132. The summed E-state index contributed by atoms with van der Waals surface area (Å²) in [6.45, 7) is 33.5. The molecule has 5 aliphatic heterocycles. The van der Waals surface area contributed by atoms with Crippen LogP contribution in [0.15, 0.2) is 150 Å². The Morgan fingerprint density at radius 2 is 0.632 bits per heavy atom. The fourth-order valence-corrected chi connectivity index (χ4v) is 14.8. The molecule has 5 atom stereocenters. The van der Waals surface area contributed by atoms with E-state index in [9.17, 15) is 65.5 Å². The molecule has 0 aliphatic carbocycles. The lowest BCUT2D eigenvalue weighted by Gasteiger charge is -2.24. The van der Waals surface area contributed by atoms with Crippen LogP contribution in [0.3, 0.4) is 0 Å². The van der Waals surface area contributed by atoms with Crippen LogP contribution in [-0.2, 0) is 75.0 Å². The average Bonchev–Trinajstić information content (AvgIpc) is 1.70. The van der Waals surface area contributed by atoms with Gasteiger partial charge in [-0.2, -0.15) is 10.5 Å². The number of nitriles is 2. The molecule has 0 unspecified atom stereocenters. The van der Waals surface area contributed by atoms with Crippen LogP contribution in [0.5, 0.6) is 0 Å². The van der Waals surface area contributed by atoms with Gasteiger partial charge in [-0.1, -0.05) is 177 Å². The van der Waals surface area contributed by atoms with E-state index in [2.05, 4.69) is 52.4 Å². The number of anilines is 10. The molecule has 700 valence electrons. The zero-order valence-electron chi connectivity index (χ0n) is 76.4. The van der Waals surface area contributed by atoms with Crippen molar-refractivity contribution in [3.8, 4) is 12.1 Å². The summed E-state index contributed by atoms with van der Waals surface area (Å²) in [5.74, 6) is -1.76. The number of aromatic nitrogens is 5. The molecule has 32 nitrogen and oxygen atoms in total. The molecule has 38 heteroatoms. The first kappa shape index (κ1) is 99.7. The number of nitrogens with zero attached hydrogens (tertiary/aromatic N) is 12. The van der Waals surface area contributed by atoms with Crippen molar-refractivity contribution in [3.63, 3.8) is 0 Å². The summed E-state index contributed by atoms with van der Waals surface area (Å²) in [5, 5.41) is 51.8. The Kier molecular flexibility index (Phi) is 30.6. The van der Waals surface area contributed by atoms with Gasteiger partial charge in [-0.05, 0) is 130 Å². The molecular weight excluding hydrogens is 1770 g/mol. The van der Waals surface area contributed by atoms with Gasteiger partial charge in [-0.15, -0.1) is 0 Å². The Bertz CT molecular complexity index is 5840. The van der Waals surface area contributed by atoms with Gasteiger partial charge in [0.1, 0.15) is 65.5 Å². The lowest BCUT2D eigenvalue weighted by molar-refractivity contribution is -0.120. The van der Waals surface area contributed by atoms with Crippen molar-refractivity contribution in [2.24, 2.45) is 0 Å². The number of halogens is 6. The summed E-state index contributed by atoms with van der Waals surface area (Å²) in [6.07, 6.45) is 0.410. The van der Waals surface area contributed by atoms with Gasteiger partial charge in [0.05, 0.1) is 28.2 Å². The highest BCUT2D eigenvalue weighted by atomic mass is 35.5. The van der Waals surface area contributed by atoms with E-state index in [4.69, 9.17) is 56.3 Å². The third-order valence-electron chi connectivity index (χ3n) is 22.1. The normalized spacial score (nSPS) is 17.4. The molecule has 133 heavy (non-hydrogen) atoms. The van der Waals surface area contributed by atoms with Crippen molar-refractivity contribution in [1.29, 1.82) is 10.5 Å². The number of nitrogens with one attached hydrogen (secondary N) is 5. The minimum Gasteiger partial charge on any atom is -0.359 e. The zero-order chi connectivity index (χ0) is 97.4. The van der Waals surface area contributed by atoms with Gasteiger partial charge in [0, 0.05) is 134 Å². The SMILES string of the molecule is CC(C)(C)c1cc(NC(=O)[C@@H]2CCC(=O)N2c2ccc(C#N)c(F)c2)no1.CC(C)(C)c1cc(NC(=O)[C@@H]2CCC(=O)N2c2ccc(C#N)c(F)c2)on1.CC(C)(C)c1cc(NC(=O)[C@@H]2CCC(=O)N2c2ccc(C(F)F)cc2)on1.Cc1ccc(N2C(=O)CC[C@H]2C(=O)Nc2cc(C(C)(C)C)no2)cc1Cl.Cc1ccc(N2C(=O)CC[C@H]2C(=O)Nc2cc(C(C)(C)C)on2)cc1Cl. The van der Waals surface area contributed by atoms with E-state index in [0.717, 1.165) is 29.0 Å². The number of benzene rings is 5. The van der Waals surface area contributed by atoms with E-state index in [1.165, 1.54) is 73.0 Å². The second kappa shape index (κ2) is 40.9. The van der Waals surface area contributed by atoms with Gasteiger partial charge in [0.25, 0.3) is 6.43 Å². The molecule has 5 saturated heterocycles. The Morgan fingerprint density at radius 3 is 0.872 bits per heavy atom. The molecule has 0 radical (unpaired) electrons. The quantitative estimate of drug-likeness (QED) is 0.0561. The smallest absolute Gasteiger partial charge is 0.263 e. The fraction of sp³-hybridized carbons (Fsp3) is 0.400. The zero-order valence-corrected chi connectivity index (χ0v) is 77.9. The third-order valence-corrected chi connectivity index (χ3v) is 23.0. The van der Waals surface area contributed by atoms with Crippen molar-refractivity contribution < 1.29 is 88.1 Å². The van der Waals surface area contributed by atoms with Crippen LogP contribution in [0.4, 0.5) is 75.3 Å². The van der Waals surface area contributed by atoms with E-state index >= 15 is 0 Å². The Balaban J connectivity index is 0.000000160. The summed E-state index contributed by atoms with van der Waals surface area (Å²) in [6, 6.07) is 32.0. The highest BCUT2D eigenvalue weighted by Crippen LogP contribution is 2.39. The number of carbonyl (C=O) groups excluding carboxylic acids is 10. The fourth-order valence-electron chi connectivity index (χ4n) is 14.5. The number of carbonyl (C=O) groups is 10. The third kappa shape index (κ3) is 24.3. The van der Waals surface area contributed by atoms with Crippen LogP contribution in [0, 0.1) is 48.1 Å². The number of hydrogen-bond donors (Lipinski definition) is 5. The van der Waals surface area contributed by atoms with Crippen molar-refractivity contribution in [2.45, 2.75) is 246 Å². The maximum atomic E-state index is 13.9. The molecule has 15 rings (SSSR count). The first-order valence-corrected chi connectivity index (χ1v) is 43.5. The lowest BCUT2D eigenvalue weighted by Crippen LogP contribution is -2.41. The predicted molar refractivity (Wildman–Crippen MR) is 488 cm³/mol. The molecule has 10 amide bonds. The highest BCUT2D eigenvalue weighted by Gasteiger charge is 2.44. The standard InChI is InChI=1S/2C19H22ClN3O3.C19H21F2N3O3.2C19H19FN4O3/c1-11-5-6-12(9-13(11)20)23-14(7-8-17(23)24)18(25)21-16-10-15(26-22-16)19(2,3)4;1-11-5-6-12(9-13(11)20)23-14(7-8-17(23)24)18(25)21-16-10-15(22-26-16)19(2,3)4;1-19(2,3)14-10-15(27-23-14)22-18(26)13-8-9-16(25)24(13)12-6-4-11(5-7-12)17(20)21;1-19(2,3)15-9-16(23-27-15)22-18(26)14-6-7-17(25)24(14)12-5-4-11(10-21)13(20)8-12;1-19(2,3)15-9-16(27-23-15)22-18(26)14-6-7-17(25)24(14)12-5-4-11(10-21)13(20)8-12/h5-6,9-10,14H,7-8H2,1-4H3,(H,21,22,25);5-6,9-10,14H,7-8H2,1-4H3,(H,21,25);4-7,10,13,17H,8-9H2,1-3H3,(H,22,26);4-5,8-9,14H,6-7H2,1-3H3,(H,22,23,26);4-5,8-9,14H,6-7H2,1-3H3,(H,22,26)/t2*14-;13-;2*14-/m00000/s1. The minimum absolute atomic E-state index is 0.0967. The van der Waals surface area contributed by atoms with Crippen molar-refractivity contribution >= 4 is 140 Å². The predicted octanol–water partition coefficient (Wildman–Crippen LogP) is 18.4. The maximum absolute atomic E-state index is 13.9. The number of alkyl halides is 2. The summed E-state index contributed by atoms with van der Waals surface area (Å²) in [7, 11) is 0. The molecule has 5 aromatic heterocycles. The molecule has 10 aromatic rings. The van der Waals surface area contributed by atoms with Gasteiger partial charge in [-0.3, -0.25) is 88.4 Å². The lowest BCUT2D eigenvalue weighted by atomic mass is 9.92. The van der Waals surface area contributed by atoms with Crippen LogP contribution < -0.4 is 51.1 Å². The molecule has 5 N–H and O–H groups in total. The van der Waals surface area contributed by atoms with Gasteiger partial charge >= 0.3 is 0 Å². The summed E-state index contributed by atoms with van der Waals surface area (Å²) in [5.41, 5.74) is 4.61. The van der Waals surface area contributed by atoms with Crippen LogP contribution in [0.25, 0.3) is 0 Å². The summed E-state index contributed by atoms with van der Waals surface area (Å²) >= 11 is 12.4. The first-order valence-electron chi connectivity index (χ1n) is 42.7. The molecule has 0 spiro atoms. The Labute approximate surface area is 774 Å². The van der Waals surface area contributed by atoms with E-state index in [1.807, 2.05) is 130 Å². The maximum Gasteiger partial charge on any atom is 0.263 e.